The van der Waals surface area contributed by atoms with Crippen LogP contribution in [0.25, 0.3) is 0 Å². The van der Waals surface area contributed by atoms with Crippen molar-refractivity contribution in [2.75, 3.05) is 23.0 Å². The summed E-state index contributed by atoms with van der Waals surface area (Å²) >= 11 is 0. The summed E-state index contributed by atoms with van der Waals surface area (Å²) in [5.41, 5.74) is 2.92. The molecule has 31 heavy (non-hydrogen) atoms. The highest BCUT2D eigenvalue weighted by Gasteiger charge is 2.39. The minimum Gasteiger partial charge on any atom is -0.506 e. The minimum absolute atomic E-state index is 0.0793. The van der Waals surface area contributed by atoms with Crippen LogP contribution >= 0.6 is 0 Å². The Morgan fingerprint density at radius 3 is 2.84 bits per heavy atom. The lowest BCUT2D eigenvalue weighted by molar-refractivity contribution is 0.350. The molecule has 0 amide bonds. The number of anilines is 2. The Morgan fingerprint density at radius 1 is 1.35 bits per heavy atom. The Balaban J connectivity index is 1.81. The van der Waals surface area contributed by atoms with E-state index in [2.05, 4.69) is 31.1 Å². The Bertz CT molecular complexity index is 1110. The van der Waals surface area contributed by atoms with Gasteiger partial charge in [-0.25, -0.2) is 4.39 Å². The number of benzene rings is 2. The maximum Gasteiger partial charge on any atom is 0.141 e. The number of rotatable bonds is 4. The predicted molar refractivity (Wildman–Crippen MR) is 123 cm³/mol. The number of phenolic OH excluding ortho intramolecular Hbond substituents is 1. The monoisotopic (exact) mass is 442 g/mol. The molecule has 0 radical (unpaired) electrons. The molecule has 0 saturated heterocycles. The average Bonchev–Trinajstić information content (AvgIpc) is 2.83. The van der Waals surface area contributed by atoms with Crippen LogP contribution in [0.4, 0.5) is 15.8 Å². The molecule has 0 aromatic heterocycles. The van der Waals surface area contributed by atoms with Crippen LogP contribution in [0.15, 0.2) is 59.2 Å². The molecule has 3 N–H and O–H groups in total. The summed E-state index contributed by atoms with van der Waals surface area (Å²) < 4.78 is 34.1. The van der Waals surface area contributed by atoms with Crippen LogP contribution in [0.2, 0.25) is 0 Å². The van der Waals surface area contributed by atoms with Gasteiger partial charge >= 0.3 is 0 Å². The molecule has 4 rings (SSSR count). The van der Waals surface area contributed by atoms with E-state index in [1.165, 1.54) is 6.07 Å². The molecule has 0 aliphatic carbocycles. The van der Waals surface area contributed by atoms with E-state index in [0.717, 1.165) is 11.3 Å². The summed E-state index contributed by atoms with van der Waals surface area (Å²) in [5, 5.41) is 17.0. The molecule has 2 aromatic rings. The fraction of sp³-hybridized carbons (Fsp3) is 0.333. The Hall–Kier alpha value is -2.80. The molecule has 7 heteroatoms. The second-order valence-corrected chi connectivity index (χ2v) is 10.4. The molecule has 5 nitrogen and oxygen atoms in total. The van der Waals surface area contributed by atoms with Crippen molar-refractivity contribution in [1.82, 2.24) is 0 Å². The molecule has 2 aromatic carbocycles. The van der Waals surface area contributed by atoms with Crippen LogP contribution in [0.3, 0.4) is 0 Å². The van der Waals surface area contributed by atoms with Gasteiger partial charge in [-0.3, -0.25) is 4.21 Å². The number of hydrogen-bond acceptors (Lipinski definition) is 5. The van der Waals surface area contributed by atoms with Crippen LogP contribution in [0, 0.1) is 11.2 Å². The van der Waals surface area contributed by atoms with Crippen molar-refractivity contribution in [2.24, 2.45) is 5.41 Å². The SMILES string of the molecule is C=C(C)COc1ccc(C2Nc3cccc(O)c3NC3=C2S(=O)CC(C)(C)C3)c(F)c1. The largest absolute Gasteiger partial charge is 0.506 e. The fourth-order valence-corrected chi connectivity index (χ4v) is 5.83. The van der Waals surface area contributed by atoms with Crippen LogP contribution in [-0.2, 0) is 10.8 Å². The second-order valence-electron chi connectivity index (χ2n) is 9.00. The Kier molecular flexibility index (Phi) is 5.56. The van der Waals surface area contributed by atoms with Gasteiger partial charge in [0, 0.05) is 23.1 Å². The number of allylic oxidation sites excluding steroid dienone is 1. The number of hydrogen-bond donors (Lipinski definition) is 3. The maximum atomic E-state index is 15.3. The first kappa shape index (κ1) is 21.4. The van der Waals surface area contributed by atoms with E-state index in [1.54, 1.807) is 24.3 Å². The molecule has 2 aliphatic rings. The summed E-state index contributed by atoms with van der Waals surface area (Å²) in [7, 11) is -1.32. The third kappa shape index (κ3) is 4.32. The van der Waals surface area contributed by atoms with Gasteiger partial charge in [-0.1, -0.05) is 26.5 Å². The molecule has 164 valence electrons. The van der Waals surface area contributed by atoms with Crippen LogP contribution in [0.5, 0.6) is 11.5 Å². The molecular weight excluding hydrogens is 415 g/mol. The first-order valence-corrected chi connectivity index (χ1v) is 11.5. The maximum absolute atomic E-state index is 15.3. The average molecular weight is 443 g/mol. The second kappa shape index (κ2) is 8.04. The van der Waals surface area contributed by atoms with Crippen molar-refractivity contribution in [2.45, 2.75) is 33.2 Å². The van der Waals surface area contributed by atoms with Gasteiger partial charge in [0.15, 0.2) is 0 Å². The Morgan fingerprint density at radius 2 is 2.13 bits per heavy atom. The van der Waals surface area contributed by atoms with Gasteiger partial charge in [-0.2, -0.15) is 0 Å². The number of nitrogens with one attached hydrogen (secondary N) is 2. The molecular formula is C24H27FN2O3S. The number of fused-ring (bicyclic) bond motifs is 1. The highest BCUT2D eigenvalue weighted by atomic mass is 32.2. The molecule has 0 bridgehead atoms. The van der Waals surface area contributed by atoms with E-state index in [-0.39, 0.29) is 11.2 Å². The van der Waals surface area contributed by atoms with Crippen LogP contribution in [0.1, 0.15) is 38.8 Å². The van der Waals surface area contributed by atoms with Crippen LogP contribution < -0.4 is 15.4 Å². The van der Waals surface area contributed by atoms with Gasteiger partial charge in [0.25, 0.3) is 0 Å². The van der Waals surface area contributed by atoms with E-state index in [9.17, 15) is 9.32 Å². The highest BCUT2D eigenvalue weighted by molar-refractivity contribution is 7.89. The smallest absolute Gasteiger partial charge is 0.141 e. The normalized spacial score (nSPS) is 21.8. The zero-order valence-electron chi connectivity index (χ0n) is 17.9. The fourth-order valence-electron chi connectivity index (χ4n) is 4.02. The van der Waals surface area contributed by atoms with Crippen molar-refractivity contribution < 1.29 is 18.4 Å². The number of ether oxygens (including phenoxy) is 1. The van der Waals surface area contributed by atoms with E-state index in [1.807, 2.05) is 13.0 Å². The summed E-state index contributed by atoms with van der Waals surface area (Å²) in [6.45, 7) is 10.1. The van der Waals surface area contributed by atoms with Gasteiger partial charge in [-0.05, 0) is 48.6 Å². The minimum atomic E-state index is -1.32. The van der Waals surface area contributed by atoms with Gasteiger partial charge in [0.1, 0.15) is 29.6 Å². The third-order valence-corrected chi connectivity index (χ3v) is 7.38. The lowest BCUT2D eigenvalue weighted by atomic mass is 9.88. The molecule has 0 spiro atoms. The van der Waals surface area contributed by atoms with Gasteiger partial charge < -0.3 is 20.5 Å². The topological polar surface area (TPSA) is 70.6 Å². The van der Waals surface area contributed by atoms with Crippen LogP contribution in [-0.4, -0.2) is 21.7 Å². The van der Waals surface area contributed by atoms with Crippen molar-refractivity contribution in [3.8, 4) is 11.5 Å². The van der Waals surface area contributed by atoms with E-state index >= 15 is 4.39 Å². The van der Waals surface area contributed by atoms with E-state index in [4.69, 9.17) is 4.74 Å². The summed E-state index contributed by atoms with van der Waals surface area (Å²) in [6.07, 6.45) is 0.640. The third-order valence-electron chi connectivity index (χ3n) is 5.37. The first-order valence-electron chi connectivity index (χ1n) is 10.2. The van der Waals surface area contributed by atoms with Gasteiger partial charge in [-0.15, -0.1) is 0 Å². The van der Waals surface area contributed by atoms with Crippen molar-refractivity contribution in [3.05, 3.63) is 70.5 Å². The summed E-state index contributed by atoms with van der Waals surface area (Å²) in [5.74, 6) is 0.522. The first-order chi connectivity index (χ1) is 14.6. The van der Waals surface area contributed by atoms with Crippen molar-refractivity contribution in [1.29, 1.82) is 0 Å². The Labute approximate surface area is 184 Å². The zero-order valence-corrected chi connectivity index (χ0v) is 18.7. The highest BCUT2D eigenvalue weighted by Crippen LogP contribution is 2.47. The number of phenols is 1. The molecule has 2 heterocycles. The van der Waals surface area contributed by atoms with Crippen molar-refractivity contribution in [3.63, 3.8) is 0 Å². The zero-order chi connectivity index (χ0) is 22.3. The molecule has 2 aliphatic heterocycles. The molecule has 2 atom stereocenters. The summed E-state index contributed by atoms with van der Waals surface area (Å²) in [4.78, 5) is 0.615. The van der Waals surface area contributed by atoms with E-state index in [0.29, 0.717) is 46.4 Å². The van der Waals surface area contributed by atoms with Gasteiger partial charge in [0.2, 0.25) is 0 Å². The van der Waals surface area contributed by atoms with Gasteiger partial charge in [0.05, 0.1) is 27.4 Å². The van der Waals surface area contributed by atoms with Crippen molar-refractivity contribution >= 4 is 22.2 Å². The number of para-hydroxylation sites is 1. The molecule has 0 saturated carbocycles. The molecule has 0 fully saturated rings. The lowest BCUT2D eigenvalue weighted by Crippen LogP contribution is -2.32. The number of aromatic hydroxyl groups is 1. The lowest BCUT2D eigenvalue weighted by Gasteiger charge is -2.34. The standard InChI is InChI=1S/C24H27FN2O3S/c1-14(2)12-30-15-8-9-16(17(25)10-15)21-23-19(11-24(3,4)13-31(23)29)27-22-18(26-21)6-5-7-20(22)28/h5-10,21,26-28H,1,11-13H2,2-4H3. The number of halogens is 1. The quantitative estimate of drug-likeness (QED) is 0.434. The summed E-state index contributed by atoms with van der Waals surface area (Å²) in [6, 6.07) is 9.19. The molecule has 2 unspecified atom stereocenters. The van der Waals surface area contributed by atoms with E-state index < -0.39 is 22.7 Å². The predicted octanol–water partition coefficient (Wildman–Crippen LogP) is 5.46.